The molecule has 2 amide bonds. The van der Waals surface area contributed by atoms with Gasteiger partial charge in [-0.05, 0) is 25.5 Å². The van der Waals surface area contributed by atoms with Crippen LogP contribution in [0.4, 0.5) is 0 Å². The van der Waals surface area contributed by atoms with E-state index in [0.717, 1.165) is 19.4 Å². The van der Waals surface area contributed by atoms with Crippen LogP contribution in [0.2, 0.25) is 0 Å². The van der Waals surface area contributed by atoms with E-state index in [1.807, 2.05) is 13.0 Å². The summed E-state index contributed by atoms with van der Waals surface area (Å²) in [6.45, 7) is 5.54. The molecule has 0 radical (unpaired) electrons. The number of likely N-dealkylation sites (N-methyl/N-ethyl adjacent to an activating group) is 1. The highest BCUT2D eigenvalue weighted by atomic mass is 16.2. The first-order valence-corrected chi connectivity index (χ1v) is 6.80. The smallest absolute Gasteiger partial charge is 0.251 e. The number of hydrogen-bond acceptors (Lipinski definition) is 2. The van der Waals surface area contributed by atoms with Crippen LogP contribution in [0.5, 0.6) is 0 Å². The summed E-state index contributed by atoms with van der Waals surface area (Å²) in [6, 6.07) is 8.92. The van der Waals surface area contributed by atoms with Crippen LogP contribution in [-0.2, 0) is 4.79 Å². The van der Waals surface area contributed by atoms with Crippen molar-refractivity contribution in [1.82, 2.24) is 10.2 Å². The first kappa shape index (κ1) is 15.2. The highest BCUT2D eigenvalue weighted by Crippen LogP contribution is 1.99. The molecule has 0 bridgehead atoms. The molecule has 1 N–H and O–H groups in total. The molecule has 1 rings (SSSR count). The van der Waals surface area contributed by atoms with Crippen molar-refractivity contribution >= 4 is 11.8 Å². The third-order valence-electron chi connectivity index (χ3n) is 2.95. The van der Waals surface area contributed by atoms with Crippen LogP contribution in [0.25, 0.3) is 0 Å². The summed E-state index contributed by atoms with van der Waals surface area (Å²) in [5.74, 6) is -0.235. The minimum atomic E-state index is -0.208. The largest absolute Gasteiger partial charge is 0.343 e. The van der Waals surface area contributed by atoms with E-state index < -0.39 is 0 Å². The zero-order valence-corrected chi connectivity index (χ0v) is 11.7. The number of amides is 2. The molecule has 0 heterocycles. The predicted molar refractivity (Wildman–Crippen MR) is 75.9 cm³/mol. The molecule has 0 aliphatic heterocycles. The highest BCUT2D eigenvalue weighted by molar-refractivity contribution is 5.96. The second kappa shape index (κ2) is 8.29. The second-order valence-corrected chi connectivity index (χ2v) is 4.38. The molecule has 104 valence electrons. The SMILES string of the molecule is CCCCN(CC)C(=O)CNC(=O)c1ccccc1. The van der Waals surface area contributed by atoms with Crippen molar-refractivity contribution in [3.05, 3.63) is 35.9 Å². The Kier molecular flexibility index (Phi) is 6.64. The Hall–Kier alpha value is -1.84. The molecular formula is C15H22N2O2. The fourth-order valence-electron chi connectivity index (χ4n) is 1.77. The average molecular weight is 262 g/mol. The summed E-state index contributed by atoms with van der Waals surface area (Å²) in [6.07, 6.45) is 2.05. The Balaban J connectivity index is 2.43. The molecule has 19 heavy (non-hydrogen) atoms. The van der Waals surface area contributed by atoms with Gasteiger partial charge in [0.2, 0.25) is 5.91 Å². The normalized spacial score (nSPS) is 10.0. The standard InChI is InChI=1S/C15H22N2O2/c1-3-5-11-17(4-2)14(18)12-16-15(19)13-9-7-6-8-10-13/h6-10H,3-5,11-12H2,1-2H3,(H,16,19). The number of hydrogen-bond donors (Lipinski definition) is 1. The van der Waals surface area contributed by atoms with Gasteiger partial charge in [0, 0.05) is 18.7 Å². The van der Waals surface area contributed by atoms with E-state index in [9.17, 15) is 9.59 Å². The van der Waals surface area contributed by atoms with Gasteiger partial charge in [-0.1, -0.05) is 31.5 Å². The Morgan fingerprint density at radius 3 is 2.42 bits per heavy atom. The fourth-order valence-corrected chi connectivity index (χ4v) is 1.77. The minimum Gasteiger partial charge on any atom is -0.343 e. The van der Waals surface area contributed by atoms with Crippen molar-refractivity contribution in [3.63, 3.8) is 0 Å². The molecule has 0 atom stereocenters. The molecule has 0 spiro atoms. The molecule has 4 heteroatoms. The number of nitrogens with zero attached hydrogens (tertiary/aromatic N) is 1. The number of rotatable bonds is 7. The zero-order valence-electron chi connectivity index (χ0n) is 11.7. The van der Waals surface area contributed by atoms with Crippen LogP contribution in [0.1, 0.15) is 37.0 Å². The molecule has 0 saturated heterocycles. The number of unbranched alkanes of at least 4 members (excludes halogenated alkanes) is 1. The minimum absolute atomic E-state index is 0.0276. The van der Waals surface area contributed by atoms with Crippen LogP contribution in [0.15, 0.2) is 30.3 Å². The van der Waals surface area contributed by atoms with Crippen molar-refractivity contribution in [1.29, 1.82) is 0 Å². The summed E-state index contributed by atoms with van der Waals surface area (Å²) in [7, 11) is 0. The van der Waals surface area contributed by atoms with E-state index in [2.05, 4.69) is 12.2 Å². The van der Waals surface area contributed by atoms with E-state index in [0.29, 0.717) is 12.1 Å². The van der Waals surface area contributed by atoms with Gasteiger partial charge in [-0.25, -0.2) is 0 Å². The third-order valence-corrected chi connectivity index (χ3v) is 2.95. The Bertz CT molecular complexity index is 404. The number of carbonyl (C=O) groups excluding carboxylic acids is 2. The highest BCUT2D eigenvalue weighted by Gasteiger charge is 2.12. The molecule has 4 nitrogen and oxygen atoms in total. The molecule has 1 aromatic carbocycles. The van der Waals surface area contributed by atoms with Gasteiger partial charge in [0.1, 0.15) is 0 Å². The van der Waals surface area contributed by atoms with Crippen molar-refractivity contribution in [2.45, 2.75) is 26.7 Å². The van der Waals surface area contributed by atoms with Gasteiger partial charge in [-0.15, -0.1) is 0 Å². The number of benzene rings is 1. The van der Waals surface area contributed by atoms with Crippen LogP contribution >= 0.6 is 0 Å². The molecule has 0 aromatic heterocycles. The number of nitrogens with one attached hydrogen (secondary N) is 1. The van der Waals surface area contributed by atoms with Crippen molar-refractivity contribution in [2.24, 2.45) is 0 Å². The summed E-state index contributed by atoms with van der Waals surface area (Å²) in [5, 5.41) is 2.66. The fraction of sp³-hybridized carbons (Fsp3) is 0.467. The van der Waals surface area contributed by atoms with Gasteiger partial charge in [0.25, 0.3) is 5.91 Å². The van der Waals surface area contributed by atoms with Crippen LogP contribution < -0.4 is 5.32 Å². The van der Waals surface area contributed by atoms with Gasteiger partial charge in [-0.3, -0.25) is 9.59 Å². The lowest BCUT2D eigenvalue weighted by Crippen LogP contribution is -2.40. The van der Waals surface area contributed by atoms with Crippen LogP contribution in [-0.4, -0.2) is 36.3 Å². The lowest BCUT2D eigenvalue weighted by molar-refractivity contribution is -0.130. The zero-order chi connectivity index (χ0) is 14.1. The Morgan fingerprint density at radius 1 is 1.16 bits per heavy atom. The third kappa shape index (κ3) is 5.12. The summed E-state index contributed by atoms with van der Waals surface area (Å²) < 4.78 is 0. The predicted octanol–water partition coefficient (Wildman–Crippen LogP) is 2.06. The molecule has 0 aliphatic rings. The second-order valence-electron chi connectivity index (χ2n) is 4.38. The van der Waals surface area contributed by atoms with Crippen molar-refractivity contribution in [2.75, 3.05) is 19.6 Å². The maximum Gasteiger partial charge on any atom is 0.251 e. The van der Waals surface area contributed by atoms with Gasteiger partial charge in [0.05, 0.1) is 6.54 Å². The quantitative estimate of drug-likeness (QED) is 0.817. The van der Waals surface area contributed by atoms with E-state index in [-0.39, 0.29) is 18.4 Å². The molecule has 0 saturated carbocycles. The Labute approximate surface area is 114 Å². The average Bonchev–Trinajstić information content (AvgIpc) is 2.46. The first-order valence-electron chi connectivity index (χ1n) is 6.80. The van der Waals surface area contributed by atoms with E-state index >= 15 is 0 Å². The van der Waals surface area contributed by atoms with E-state index in [1.54, 1.807) is 29.2 Å². The van der Waals surface area contributed by atoms with Crippen molar-refractivity contribution < 1.29 is 9.59 Å². The van der Waals surface area contributed by atoms with Gasteiger partial charge >= 0.3 is 0 Å². The molecule has 0 unspecified atom stereocenters. The van der Waals surface area contributed by atoms with Crippen LogP contribution in [0.3, 0.4) is 0 Å². The lowest BCUT2D eigenvalue weighted by atomic mass is 10.2. The van der Waals surface area contributed by atoms with Gasteiger partial charge in [-0.2, -0.15) is 0 Å². The summed E-state index contributed by atoms with van der Waals surface area (Å²) >= 11 is 0. The molecule has 1 aromatic rings. The lowest BCUT2D eigenvalue weighted by Gasteiger charge is -2.20. The van der Waals surface area contributed by atoms with Crippen molar-refractivity contribution in [3.8, 4) is 0 Å². The van der Waals surface area contributed by atoms with E-state index in [4.69, 9.17) is 0 Å². The van der Waals surface area contributed by atoms with Gasteiger partial charge < -0.3 is 10.2 Å². The maximum atomic E-state index is 11.9. The molecule has 0 fully saturated rings. The van der Waals surface area contributed by atoms with Crippen LogP contribution in [0, 0.1) is 0 Å². The summed E-state index contributed by atoms with van der Waals surface area (Å²) in [5.41, 5.74) is 0.576. The van der Waals surface area contributed by atoms with E-state index in [1.165, 1.54) is 0 Å². The molecule has 0 aliphatic carbocycles. The number of carbonyl (C=O) groups is 2. The van der Waals surface area contributed by atoms with Gasteiger partial charge in [0.15, 0.2) is 0 Å². The first-order chi connectivity index (χ1) is 9.19. The monoisotopic (exact) mass is 262 g/mol. The summed E-state index contributed by atoms with van der Waals surface area (Å²) in [4.78, 5) is 25.5. The molecular weight excluding hydrogens is 240 g/mol. The maximum absolute atomic E-state index is 11.9. The Morgan fingerprint density at radius 2 is 1.84 bits per heavy atom. The topological polar surface area (TPSA) is 49.4 Å².